The Hall–Kier alpha value is -2.63. The second-order valence-electron chi connectivity index (χ2n) is 8.11. The first-order chi connectivity index (χ1) is 13.9. The fraction of sp³-hybridized carbons (Fsp3) is 0.478. The van der Waals surface area contributed by atoms with Crippen LogP contribution in [-0.2, 0) is 4.79 Å². The van der Waals surface area contributed by atoms with Crippen molar-refractivity contribution in [3.8, 4) is 11.3 Å². The number of carboxylic acid groups (broad SMARTS) is 1. The summed E-state index contributed by atoms with van der Waals surface area (Å²) in [5.41, 5.74) is 7.56. The van der Waals surface area contributed by atoms with Crippen molar-refractivity contribution in [3.63, 3.8) is 0 Å². The van der Waals surface area contributed by atoms with Gasteiger partial charge in [0.05, 0.1) is 5.56 Å². The van der Waals surface area contributed by atoms with Crippen LogP contribution in [0.25, 0.3) is 11.3 Å². The third-order valence-electron chi connectivity index (χ3n) is 6.06. The molecule has 0 bridgehead atoms. The lowest BCUT2D eigenvalue weighted by atomic mass is 9.83. The van der Waals surface area contributed by atoms with Crippen LogP contribution in [0.5, 0.6) is 0 Å². The molecule has 1 atom stereocenters. The van der Waals surface area contributed by atoms with Crippen molar-refractivity contribution in [2.75, 3.05) is 0 Å². The van der Waals surface area contributed by atoms with Gasteiger partial charge in [-0.1, -0.05) is 44.2 Å². The lowest BCUT2D eigenvalue weighted by Gasteiger charge is -2.30. The number of hydrogen-bond donors (Lipinski definition) is 2. The highest BCUT2D eigenvalue weighted by molar-refractivity contribution is 5.91. The number of carbonyl (C=O) groups is 2. The number of primary amides is 1. The zero-order valence-electron chi connectivity index (χ0n) is 16.9. The highest BCUT2D eigenvalue weighted by Gasteiger charge is 2.26. The van der Waals surface area contributed by atoms with Gasteiger partial charge in [0.25, 0.3) is 0 Å². The molecule has 3 N–H and O–H groups in total. The Morgan fingerprint density at radius 1 is 1.24 bits per heavy atom. The number of amides is 1. The van der Waals surface area contributed by atoms with E-state index in [1.54, 1.807) is 25.1 Å². The molecule has 1 aromatic heterocycles. The first kappa shape index (κ1) is 21.1. The topological polar surface area (TPSA) is 85.3 Å². The van der Waals surface area contributed by atoms with E-state index >= 15 is 0 Å². The molecule has 29 heavy (non-hydrogen) atoms. The number of nitrogens with zero attached hydrogens (tertiary/aromatic N) is 1. The second kappa shape index (κ2) is 9.25. The molecule has 1 aliphatic rings. The monoisotopic (exact) mass is 400 g/mol. The number of carboxylic acids is 1. The molecule has 6 heteroatoms. The molecule has 0 saturated heterocycles. The fourth-order valence-electron chi connectivity index (χ4n) is 4.65. The molecule has 156 valence electrons. The molecule has 5 nitrogen and oxygen atoms in total. The van der Waals surface area contributed by atoms with Gasteiger partial charge in [-0.25, -0.2) is 9.18 Å². The first-order valence-corrected chi connectivity index (χ1v) is 10.4. The van der Waals surface area contributed by atoms with Crippen LogP contribution in [0.15, 0.2) is 30.3 Å². The molecular weight excluding hydrogens is 371 g/mol. The van der Waals surface area contributed by atoms with Crippen molar-refractivity contribution < 1.29 is 19.1 Å². The Morgan fingerprint density at radius 2 is 1.97 bits per heavy atom. The number of benzene rings is 1. The minimum atomic E-state index is -1.01. The number of carbonyl (C=O) groups excluding carboxylic acids is 1. The Balaban J connectivity index is 2.06. The molecule has 1 heterocycles. The van der Waals surface area contributed by atoms with Crippen LogP contribution in [-0.4, -0.2) is 21.6 Å². The lowest BCUT2D eigenvalue weighted by Crippen LogP contribution is -2.21. The highest BCUT2D eigenvalue weighted by Crippen LogP contribution is 2.38. The second-order valence-corrected chi connectivity index (χ2v) is 8.11. The molecule has 1 amide bonds. The van der Waals surface area contributed by atoms with Gasteiger partial charge in [-0.2, -0.15) is 0 Å². The average Bonchev–Trinajstić information content (AvgIpc) is 3.03. The van der Waals surface area contributed by atoms with Crippen LogP contribution in [0, 0.1) is 18.7 Å². The molecule has 0 aliphatic heterocycles. The van der Waals surface area contributed by atoms with E-state index in [0.29, 0.717) is 29.3 Å². The Bertz CT molecular complexity index is 884. The number of aromatic nitrogens is 1. The molecule has 1 aromatic carbocycles. The van der Waals surface area contributed by atoms with Gasteiger partial charge in [-0.15, -0.1) is 0 Å². The molecule has 1 saturated carbocycles. The SMILES string of the molecule is Cc1c(C(=O)O)cc(-c2cccc(F)c2)n1C(CCC(N)=O)CC1CCCCC1. The van der Waals surface area contributed by atoms with Crippen LogP contribution in [0.2, 0.25) is 0 Å². The Kier molecular flexibility index (Phi) is 6.72. The van der Waals surface area contributed by atoms with Crippen molar-refractivity contribution in [1.82, 2.24) is 4.57 Å². The maximum absolute atomic E-state index is 13.9. The summed E-state index contributed by atoms with van der Waals surface area (Å²) in [5.74, 6) is -1.21. The summed E-state index contributed by atoms with van der Waals surface area (Å²) in [7, 11) is 0. The summed E-state index contributed by atoms with van der Waals surface area (Å²) < 4.78 is 15.9. The van der Waals surface area contributed by atoms with Gasteiger partial charge in [-0.3, -0.25) is 4.79 Å². The van der Waals surface area contributed by atoms with Gasteiger partial charge in [0.2, 0.25) is 5.91 Å². The van der Waals surface area contributed by atoms with Crippen molar-refractivity contribution in [3.05, 3.63) is 47.4 Å². The van der Waals surface area contributed by atoms with Crippen LogP contribution >= 0.6 is 0 Å². The third-order valence-corrected chi connectivity index (χ3v) is 6.06. The molecule has 2 aromatic rings. The molecule has 0 radical (unpaired) electrons. The van der Waals surface area contributed by atoms with E-state index in [1.165, 1.54) is 31.4 Å². The zero-order valence-corrected chi connectivity index (χ0v) is 16.9. The highest BCUT2D eigenvalue weighted by atomic mass is 19.1. The molecular formula is C23H29FN2O3. The van der Waals surface area contributed by atoms with E-state index in [0.717, 1.165) is 19.3 Å². The van der Waals surface area contributed by atoms with Gasteiger partial charge < -0.3 is 15.4 Å². The van der Waals surface area contributed by atoms with Crippen LogP contribution in [0.1, 0.15) is 73.5 Å². The van der Waals surface area contributed by atoms with Gasteiger partial charge in [0, 0.05) is 29.4 Å². The Labute approximate surface area is 170 Å². The van der Waals surface area contributed by atoms with E-state index in [4.69, 9.17) is 5.73 Å². The number of nitrogens with two attached hydrogens (primary N) is 1. The number of rotatable bonds is 8. The number of halogens is 1. The van der Waals surface area contributed by atoms with E-state index in [2.05, 4.69) is 0 Å². The summed E-state index contributed by atoms with van der Waals surface area (Å²) in [4.78, 5) is 23.3. The van der Waals surface area contributed by atoms with E-state index in [9.17, 15) is 19.1 Å². The maximum atomic E-state index is 13.9. The molecule has 1 aliphatic carbocycles. The van der Waals surface area contributed by atoms with Crippen molar-refractivity contribution in [2.24, 2.45) is 11.7 Å². The number of aromatic carboxylic acids is 1. The summed E-state index contributed by atoms with van der Waals surface area (Å²) in [5, 5.41) is 9.66. The summed E-state index contributed by atoms with van der Waals surface area (Å²) in [6.45, 7) is 1.78. The van der Waals surface area contributed by atoms with E-state index in [1.807, 2.05) is 4.57 Å². The average molecular weight is 400 g/mol. The first-order valence-electron chi connectivity index (χ1n) is 10.4. The standard InChI is InChI=1S/C23H29FN2O3/c1-15-20(23(28)29)14-21(17-8-5-9-18(24)13-17)26(15)19(10-11-22(25)27)12-16-6-3-2-4-7-16/h5,8-9,13-14,16,19H,2-4,6-7,10-12H2,1H3,(H2,25,27)(H,28,29). The van der Waals surface area contributed by atoms with Gasteiger partial charge in [0.1, 0.15) is 5.82 Å². The van der Waals surface area contributed by atoms with E-state index in [-0.39, 0.29) is 29.8 Å². The van der Waals surface area contributed by atoms with Gasteiger partial charge >= 0.3 is 5.97 Å². The normalized spacial score (nSPS) is 15.9. The van der Waals surface area contributed by atoms with Gasteiger partial charge in [-0.05, 0) is 43.9 Å². The number of hydrogen-bond acceptors (Lipinski definition) is 2. The largest absolute Gasteiger partial charge is 0.478 e. The summed E-state index contributed by atoms with van der Waals surface area (Å²) in [6.07, 6.45) is 7.60. The van der Waals surface area contributed by atoms with Crippen LogP contribution in [0.4, 0.5) is 4.39 Å². The smallest absolute Gasteiger partial charge is 0.337 e. The molecule has 1 unspecified atom stereocenters. The Morgan fingerprint density at radius 3 is 2.59 bits per heavy atom. The van der Waals surface area contributed by atoms with Crippen molar-refractivity contribution in [1.29, 1.82) is 0 Å². The van der Waals surface area contributed by atoms with E-state index < -0.39 is 5.97 Å². The predicted molar refractivity (Wildman–Crippen MR) is 110 cm³/mol. The molecule has 3 rings (SSSR count). The minimum Gasteiger partial charge on any atom is -0.478 e. The van der Waals surface area contributed by atoms with Crippen LogP contribution < -0.4 is 5.73 Å². The van der Waals surface area contributed by atoms with Crippen LogP contribution in [0.3, 0.4) is 0 Å². The summed E-state index contributed by atoms with van der Waals surface area (Å²) >= 11 is 0. The summed E-state index contributed by atoms with van der Waals surface area (Å²) in [6, 6.07) is 7.75. The lowest BCUT2D eigenvalue weighted by molar-refractivity contribution is -0.118. The van der Waals surface area contributed by atoms with Gasteiger partial charge in [0.15, 0.2) is 0 Å². The predicted octanol–water partition coefficient (Wildman–Crippen LogP) is 5.08. The fourth-order valence-corrected chi connectivity index (χ4v) is 4.65. The molecule has 0 spiro atoms. The van der Waals surface area contributed by atoms with Crippen molar-refractivity contribution >= 4 is 11.9 Å². The zero-order chi connectivity index (χ0) is 21.0. The minimum absolute atomic E-state index is 0.0584. The third kappa shape index (κ3) is 5.05. The molecule has 1 fully saturated rings. The maximum Gasteiger partial charge on any atom is 0.337 e. The quantitative estimate of drug-likeness (QED) is 0.648. The van der Waals surface area contributed by atoms with Crippen molar-refractivity contribution in [2.45, 2.75) is 64.3 Å².